The number of esters is 1. The van der Waals surface area contributed by atoms with Crippen molar-refractivity contribution < 1.29 is 42.5 Å². The average molecular weight is 556 g/mol. The zero-order chi connectivity index (χ0) is 28.7. The number of amides is 1. The standard InChI is InChI=1S/C27H39F2N3O7/c1-18(2)17-39-23(34)15-22(33)31(32-8-7-19(3)27(32,4)26(35)36)16-20-5-6-21(25(29)24(20)28)38-14-11-30-9-12-37-13-10-30/h5-6,18-19H,7-17H2,1-4H3,(H,35,36). The molecule has 2 atom stereocenters. The molecule has 10 nitrogen and oxygen atoms in total. The minimum Gasteiger partial charge on any atom is -0.489 e. The number of rotatable bonds is 12. The molecule has 3 rings (SSSR count). The Bertz CT molecular complexity index is 1030. The van der Waals surface area contributed by atoms with Crippen LogP contribution in [0.1, 0.15) is 46.1 Å². The second-order valence-corrected chi connectivity index (χ2v) is 10.6. The third-order valence-electron chi connectivity index (χ3n) is 7.37. The van der Waals surface area contributed by atoms with Crippen LogP contribution in [0.4, 0.5) is 8.78 Å². The van der Waals surface area contributed by atoms with Crippen LogP contribution in [0.3, 0.4) is 0 Å². The molecule has 0 aliphatic carbocycles. The molecule has 0 radical (unpaired) electrons. The summed E-state index contributed by atoms with van der Waals surface area (Å²) in [5, 5.41) is 12.4. The van der Waals surface area contributed by atoms with Crippen LogP contribution in [0.5, 0.6) is 5.75 Å². The molecule has 2 fully saturated rings. The Labute approximate surface area is 227 Å². The molecule has 0 saturated carbocycles. The summed E-state index contributed by atoms with van der Waals surface area (Å²) in [7, 11) is 0. The van der Waals surface area contributed by atoms with Crippen LogP contribution in [0.15, 0.2) is 12.1 Å². The smallest absolute Gasteiger partial charge is 0.325 e. The highest BCUT2D eigenvalue weighted by Crippen LogP contribution is 2.37. The molecule has 218 valence electrons. The van der Waals surface area contributed by atoms with Crippen molar-refractivity contribution in [1.82, 2.24) is 14.9 Å². The predicted octanol–water partition coefficient (Wildman–Crippen LogP) is 2.69. The SMILES string of the molecule is CC(C)COC(=O)CC(=O)N(Cc1ccc(OCCN2CCOCC2)c(F)c1F)N1CCC(C)C1(C)C(=O)O. The van der Waals surface area contributed by atoms with E-state index in [0.717, 1.165) is 18.1 Å². The maximum absolute atomic E-state index is 15.2. The van der Waals surface area contributed by atoms with Crippen molar-refractivity contribution in [3.8, 4) is 5.75 Å². The summed E-state index contributed by atoms with van der Waals surface area (Å²) in [4.78, 5) is 40.0. The maximum atomic E-state index is 15.2. The number of morpholine rings is 1. The minimum atomic E-state index is -1.49. The highest BCUT2D eigenvalue weighted by Gasteiger charge is 2.52. The Morgan fingerprint density at radius 1 is 1.18 bits per heavy atom. The van der Waals surface area contributed by atoms with Gasteiger partial charge in [0.25, 0.3) is 0 Å². The van der Waals surface area contributed by atoms with Gasteiger partial charge in [-0.1, -0.05) is 26.8 Å². The van der Waals surface area contributed by atoms with E-state index in [0.29, 0.717) is 26.2 Å². The summed E-state index contributed by atoms with van der Waals surface area (Å²) in [5.41, 5.74) is -1.67. The zero-order valence-corrected chi connectivity index (χ0v) is 23.1. The minimum absolute atomic E-state index is 0.0570. The van der Waals surface area contributed by atoms with E-state index in [1.807, 2.05) is 13.8 Å². The number of nitrogens with zero attached hydrogens (tertiary/aromatic N) is 3. The van der Waals surface area contributed by atoms with Gasteiger partial charge in [0.15, 0.2) is 11.6 Å². The number of aliphatic carboxylic acids is 1. The van der Waals surface area contributed by atoms with Crippen LogP contribution in [0.2, 0.25) is 0 Å². The molecular formula is C27H39F2N3O7. The van der Waals surface area contributed by atoms with E-state index in [1.54, 1.807) is 6.92 Å². The third-order valence-corrected chi connectivity index (χ3v) is 7.37. The van der Waals surface area contributed by atoms with E-state index >= 15 is 4.39 Å². The van der Waals surface area contributed by atoms with E-state index in [4.69, 9.17) is 14.2 Å². The normalized spacial score (nSPS) is 22.2. The van der Waals surface area contributed by atoms with Gasteiger partial charge in [-0.2, -0.15) is 4.39 Å². The van der Waals surface area contributed by atoms with Crippen molar-refractivity contribution in [2.45, 2.75) is 52.6 Å². The number of benzene rings is 1. The predicted molar refractivity (Wildman–Crippen MR) is 137 cm³/mol. The summed E-state index contributed by atoms with van der Waals surface area (Å²) in [5.74, 6) is -5.66. The molecule has 1 aromatic carbocycles. The lowest BCUT2D eigenvalue weighted by Crippen LogP contribution is -2.60. The first-order valence-electron chi connectivity index (χ1n) is 13.3. The number of carboxylic acid groups (broad SMARTS) is 1. The number of carboxylic acids is 1. The topological polar surface area (TPSA) is 109 Å². The van der Waals surface area contributed by atoms with Gasteiger partial charge in [-0.25, -0.2) is 9.40 Å². The van der Waals surface area contributed by atoms with Crippen LogP contribution in [-0.2, 0) is 30.4 Å². The molecule has 2 aliphatic heterocycles. The number of hydrogen-bond acceptors (Lipinski definition) is 8. The Morgan fingerprint density at radius 2 is 1.87 bits per heavy atom. The molecule has 2 saturated heterocycles. The molecular weight excluding hydrogens is 516 g/mol. The van der Waals surface area contributed by atoms with Crippen molar-refractivity contribution in [3.63, 3.8) is 0 Å². The van der Waals surface area contributed by atoms with E-state index in [9.17, 15) is 23.9 Å². The summed E-state index contributed by atoms with van der Waals surface area (Å²) in [6.45, 7) is 10.1. The highest BCUT2D eigenvalue weighted by molar-refractivity contribution is 5.94. The van der Waals surface area contributed by atoms with Gasteiger partial charge in [0, 0.05) is 31.7 Å². The summed E-state index contributed by atoms with van der Waals surface area (Å²) in [6, 6.07) is 2.59. The first-order valence-corrected chi connectivity index (χ1v) is 13.3. The number of carbonyl (C=O) groups excluding carboxylic acids is 2. The van der Waals surface area contributed by atoms with Crippen molar-refractivity contribution in [2.75, 3.05) is 52.6 Å². The molecule has 2 aliphatic rings. The van der Waals surface area contributed by atoms with Crippen LogP contribution in [0, 0.1) is 23.5 Å². The quantitative estimate of drug-likeness (QED) is 0.308. The Kier molecular flexibility index (Phi) is 10.6. The average Bonchev–Trinajstić information content (AvgIpc) is 3.20. The van der Waals surface area contributed by atoms with Crippen molar-refractivity contribution in [1.29, 1.82) is 0 Å². The van der Waals surface area contributed by atoms with Gasteiger partial charge >= 0.3 is 11.9 Å². The molecule has 39 heavy (non-hydrogen) atoms. The van der Waals surface area contributed by atoms with Crippen LogP contribution in [-0.4, -0.2) is 96.0 Å². The van der Waals surface area contributed by atoms with Crippen molar-refractivity contribution in [3.05, 3.63) is 29.3 Å². The molecule has 1 aromatic rings. The van der Waals surface area contributed by atoms with Crippen molar-refractivity contribution >= 4 is 17.8 Å². The maximum Gasteiger partial charge on any atom is 0.325 e. The molecule has 0 bridgehead atoms. The third kappa shape index (κ3) is 7.43. The van der Waals surface area contributed by atoms with Crippen LogP contribution in [0.25, 0.3) is 0 Å². The number of hydrogen-bond donors (Lipinski definition) is 1. The summed E-state index contributed by atoms with van der Waals surface area (Å²) < 4.78 is 46.1. The lowest BCUT2D eigenvalue weighted by molar-refractivity contribution is -0.177. The molecule has 2 heterocycles. The summed E-state index contributed by atoms with van der Waals surface area (Å²) in [6.07, 6.45) is -0.211. The van der Waals surface area contributed by atoms with E-state index in [-0.39, 0.29) is 42.9 Å². The van der Waals surface area contributed by atoms with E-state index < -0.39 is 48.0 Å². The zero-order valence-electron chi connectivity index (χ0n) is 23.1. The van der Waals surface area contributed by atoms with Gasteiger partial charge in [0.1, 0.15) is 18.6 Å². The largest absolute Gasteiger partial charge is 0.489 e. The Balaban J connectivity index is 1.79. The number of halogens is 2. The lowest BCUT2D eigenvalue weighted by atomic mass is 9.89. The number of carbonyl (C=O) groups is 3. The fourth-order valence-corrected chi connectivity index (χ4v) is 4.69. The van der Waals surface area contributed by atoms with Gasteiger partial charge in [-0.3, -0.25) is 24.3 Å². The lowest BCUT2D eigenvalue weighted by Gasteiger charge is -2.41. The van der Waals surface area contributed by atoms with Crippen molar-refractivity contribution in [2.24, 2.45) is 11.8 Å². The molecule has 1 amide bonds. The first kappa shape index (κ1) is 30.7. The van der Waals surface area contributed by atoms with Gasteiger partial charge in [0.05, 0.1) is 26.4 Å². The molecule has 0 spiro atoms. The van der Waals surface area contributed by atoms with Gasteiger partial charge in [-0.05, 0) is 31.2 Å². The van der Waals surface area contributed by atoms with Crippen LogP contribution < -0.4 is 4.74 Å². The van der Waals surface area contributed by atoms with Gasteiger partial charge in [-0.15, -0.1) is 0 Å². The second-order valence-electron chi connectivity index (χ2n) is 10.6. The molecule has 1 N–H and O–H groups in total. The molecule has 12 heteroatoms. The number of ether oxygens (including phenoxy) is 3. The molecule has 2 unspecified atom stereocenters. The summed E-state index contributed by atoms with van der Waals surface area (Å²) >= 11 is 0. The monoisotopic (exact) mass is 555 g/mol. The Morgan fingerprint density at radius 3 is 2.51 bits per heavy atom. The fraction of sp³-hybridized carbons (Fsp3) is 0.667. The van der Waals surface area contributed by atoms with E-state index in [1.165, 1.54) is 24.1 Å². The highest BCUT2D eigenvalue weighted by atomic mass is 19.2. The Hall–Kier alpha value is -2.83. The first-order chi connectivity index (χ1) is 18.4. The fourth-order valence-electron chi connectivity index (χ4n) is 4.69. The van der Waals surface area contributed by atoms with E-state index in [2.05, 4.69) is 4.90 Å². The molecule has 0 aromatic heterocycles. The second kappa shape index (κ2) is 13.5. The number of hydrazine groups is 1. The van der Waals surface area contributed by atoms with Gasteiger partial charge < -0.3 is 19.3 Å². The van der Waals surface area contributed by atoms with Crippen LogP contribution >= 0.6 is 0 Å². The van der Waals surface area contributed by atoms with Gasteiger partial charge in [0.2, 0.25) is 11.7 Å².